The van der Waals surface area contributed by atoms with Gasteiger partial charge in [0, 0.05) is 0 Å². The van der Waals surface area contributed by atoms with Crippen molar-refractivity contribution in [3.05, 3.63) is 57.6 Å². The van der Waals surface area contributed by atoms with Crippen LogP contribution in [-0.2, 0) is 13.5 Å². The molecule has 0 spiro atoms. The molecule has 6 heteroatoms. The Morgan fingerprint density at radius 2 is 0.800 bits per heavy atom. The van der Waals surface area contributed by atoms with E-state index < -0.39 is 13.5 Å². The first-order valence-electron chi connectivity index (χ1n) is 18.0. The summed E-state index contributed by atoms with van der Waals surface area (Å²) in [4.78, 5) is 4.73. The van der Waals surface area contributed by atoms with E-state index in [4.69, 9.17) is 19.4 Å². The summed E-state index contributed by atoms with van der Waals surface area (Å²) in [5.74, 6) is 0. The normalized spacial score (nSPS) is 20.9. The zero-order valence-electron chi connectivity index (χ0n) is 29.0. The van der Waals surface area contributed by atoms with Crippen LogP contribution in [0.3, 0.4) is 0 Å². The third-order valence-electron chi connectivity index (χ3n) is 10.9. The molecule has 2 aromatic rings. The van der Waals surface area contributed by atoms with Gasteiger partial charge in [-0.1, -0.05) is 65.7 Å². The average Bonchev–Trinajstić information content (AvgIpc) is 3.42. The second-order valence-electron chi connectivity index (χ2n) is 14.6. The Morgan fingerprint density at radius 3 is 1.07 bits per heavy atom. The molecule has 0 N–H and O–H groups in total. The van der Waals surface area contributed by atoms with Crippen LogP contribution < -0.4 is 9.80 Å². The van der Waals surface area contributed by atoms with E-state index in [0.29, 0.717) is 7.92 Å². The Bertz CT molecular complexity index is 1160. The van der Waals surface area contributed by atoms with Crippen LogP contribution in [0.15, 0.2) is 24.3 Å². The van der Waals surface area contributed by atoms with Crippen LogP contribution in [0.1, 0.15) is 130 Å². The Balaban J connectivity index is 0.000000186. The number of benzene rings is 2. The predicted octanol–water partition coefficient (Wildman–Crippen LogP) is 12.3. The molecule has 0 unspecified atom stereocenters. The monoisotopic (exact) mass is 758 g/mol. The molecule has 252 valence electrons. The minimum atomic E-state index is -2.12. The van der Waals surface area contributed by atoms with Crippen LogP contribution in [0.5, 0.6) is 0 Å². The van der Waals surface area contributed by atoms with E-state index in [-0.39, 0.29) is 0 Å². The fraction of sp³-hybridized carbons (Fsp3) is 0.667. The number of nitrogens with zero attached hydrogens (tertiary/aromatic N) is 2. The molecule has 45 heavy (non-hydrogen) atoms. The summed E-state index contributed by atoms with van der Waals surface area (Å²) in [5.41, 5.74) is 13.8. The van der Waals surface area contributed by atoms with Gasteiger partial charge in [-0.05, 0) is 55.5 Å². The van der Waals surface area contributed by atoms with Crippen LogP contribution in [0, 0.1) is 41.5 Å². The summed E-state index contributed by atoms with van der Waals surface area (Å²) in [6.45, 7) is 14.8. The van der Waals surface area contributed by atoms with Crippen LogP contribution in [-0.4, -0.2) is 34.4 Å². The number of aryl methyl sites for hydroxylation is 6. The van der Waals surface area contributed by atoms with E-state index in [1.165, 1.54) is 81.0 Å². The average molecular weight is 759 g/mol. The molecular formula is C39H59Cl2N2PRu. The molecule has 4 aliphatic rings. The SMILES string of the molecule is C1CCC(P(C2CCCCC2)C2CCCCC2)CC1.Cc1cc(C)c(N2CCN(c3c(C)cc(C)cc3C)[C]2=[Ru]([Cl])[Cl])c(C)c1. The first-order chi connectivity index (χ1) is 21.7. The van der Waals surface area contributed by atoms with Gasteiger partial charge in [0.1, 0.15) is 0 Å². The van der Waals surface area contributed by atoms with Crippen LogP contribution in [0.2, 0.25) is 0 Å². The molecule has 6 rings (SSSR count). The topological polar surface area (TPSA) is 6.48 Å². The van der Waals surface area contributed by atoms with E-state index in [9.17, 15) is 0 Å². The van der Waals surface area contributed by atoms with Crippen LogP contribution in [0.25, 0.3) is 0 Å². The van der Waals surface area contributed by atoms with Gasteiger partial charge >= 0.3 is 171 Å². The second kappa shape index (κ2) is 16.8. The van der Waals surface area contributed by atoms with Crippen LogP contribution in [0.4, 0.5) is 11.4 Å². The summed E-state index contributed by atoms with van der Waals surface area (Å²) < 4.78 is 1.10. The molecule has 0 radical (unpaired) electrons. The third kappa shape index (κ3) is 8.77. The molecular weight excluding hydrogens is 699 g/mol. The predicted molar refractivity (Wildman–Crippen MR) is 200 cm³/mol. The van der Waals surface area contributed by atoms with Crippen molar-refractivity contribution in [1.29, 1.82) is 0 Å². The van der Waals surface area contributed by atoms with E-state index >= 15 is 0 Å². The molecule has 1 saturated heterocycles. The molecule has 3 aliphatic carbocycles. The Labute approximate surface area is 290 Å². The number of anilines is 2. The fourth-order valence-corrected chi connectivity index (χ4v) is 17.2. The van der Waals surface area contributed by atoms with Crippen molar-refractivity contribution in [2.75, 3.05) is 22.9 Å². The zero-order valence-corrected chi connectivity index (χ0v) is 33.2. The van der Waals surface area contributed by atoms with E-state index in [0.717, 1.165) is 17.4 Å². The first-order valence-corrected chi connectivity index (χ1v) is 24.9. The molecule has 2 aromatic carbocycles. The summed E-state index contributed by atoms with van der Waals surface area (Å²) in [6.07, 6.45) is 23.6. The van der Waals surface area contributed by atoms with Gasteiger partial charge in [0.05, 0.1) is 0 Å². The molecule has 3 saturated carbocycles. The molecule has 0 atom stereocenters. The Morgan fingerprint density at radius 1 is 0.511 bits per heavy atom. The maximum absolute atomic E-state index is 6.63. The van der Waals surface area contributed by atoms with Gasteiger partial charge in [-0.2, -0.15) is 0 Å². The standard InChI is InChI=1S/C21H26N2.C18H33P.2ClH.Ru/c1-14-9-16(3)20(17(4)10-14)22-7-8-23(13-22)21-18(5)11-15(2)12-19(21)6;1-4-10-16(11-5-1)19(17-12-6-2-7-13-17)18-14-8-3-9-15-18;;;/h9-12H,7-8H2,1-6H3;16-18H,1-15H2;2*1H;/q;;;;+2/p-2. The fourth-order valence-electron chi connectivity index (χ4n) is 9.30. The van der Waals surface area contributed by atoms with E-state index in [2.05, 4.69) is 75.6 Å². The van der Waals surface area contributed by atoms with Crippen molar-refractivity contribution < 1.29 is 13.5 Å². The van der Waals surface area contributed by atoms with Gasteiger partial charge in [0.2, 0.25) is 0 Å². The van der Waals surface area contributed by atoms with Gasteiger partial charge in [0.15, 0.2) is 0 Å². The minimum absolute atomic E-state index is 0.385. The van der Waals surface area contributed by atoms with Crippen molar-refractivity contribution >= 4 is 43.0 Å². The van der Waals surface area contributed by atoms with E-state index in [1.54, 1.807) is 77.0 Å². The van der Waals surface area contributed by atoms with Crippen molar-refractivity contribution in [3.8, 4) is 0 Å². The van der Waals surface area contributed by atoms with Crippen molar-refractivity contribution in [3.63, 3.8) is 0 Å². The first kappa shape index (κ1) is 35.8. The van der Waals surface area contributed by atoms with Gasteiger partial charge in [-0.3, -0.25) is 0 Å². The molecule has 0 aromatic heterocycles. The third-order valence-corrected chi connectivity index (χ3v) is 17.9. The maximum atomic E-state index is 6.63. The summed E-state index contributed by atoms with van der Waals surface area (Å²) in [7, 11) is 13.7. The van der Waals surface area contributed by atoms with Gasteiger partial charge < -0.3 is 0 Å². The zero-order chi connectivity index (χ0) is 32.1. The van der Waals surface area contributed by atoms with Gasteiger partial charge in [-0.15, -0.1) is 0 Å². The molecule has 0 amide bonds. The number of hydrogen-bond donors (Lipinski definition) is 0. The Hall–Kier alpha value is -0.457. The van der Waals surface area contributed by atoms with Gasteiger partial charge in [0.25, 0.3) is 0 Å². The molecule has 1 aliphatic heterocycles. The summed E-state index contributed by atoms with van der Waals surface area (Å²) in [6, 6.07) is 8.96. The summed E-state index contributed by atoms with van der Waals surface area (Å²) >= 11 is -2.12. The van der Waals surface area contributed by atoms with Crippen molar-refractivity contribution in [1.82, 2.24) is 0 Å². The van der Waals surface area contributed by atoms with E-state index in [1.807, 2.05) is 0 Å². The second-order valence-corrected chi connectivity index (χ2v) is 23.3. The molecule has 1 heterocycles. The Kier molecular flexibility index (Phi) is 13.4. The number of rotatable bonds is 5. The molecule has 2 nitrogen and oxygen atoms in total. The quantitative estimate of drug-likeness (QED) is 0.221. The number of halogens is 2. The summed E-state index contributed by atoms with van der Waals surface area (Å²) in [5, 5.41) is 0. The van der Waals surface area contributed by atoms with Crippen molar-refractivity contribution in [2.45, 2.75) is 155 Å². The molecule has 0 bridgehead atoms. The van der Waals surface area contributed by atoms with Gasteiger partial charge in [-0.25, -0.2) is 0 Å². The van der Waals surface area contributed by atoms with Crippen molar-refractivity contribution in [2.24, 2.45) is 0 Å². The van der Waals surface area contributed by atoms with Crippen LogP contribution >= 0.6 is 27.3 Å². The number of hydrogen-bond acceptors (Lipinski definition) is 2. The molecule has 4 fully saturated rings.